The Morgan fingerprint density at radius 2 is 1.81 bits per heavy atom. The zero-order chi connectivity index (χ0) is 22.5. The van der Waals surface area contributed by atoms with E-state index in [0.717, 1.165) is 22.4 Å². The number of aromatic hydroxyl groups is 1. The Labute approximate surface area is 192 Å². The topological polar surface area (TPSA) is 62.1 Å². The van der Waals surface area contributed by atoms with Crippen molar-refractivity contribution in [1.29, 1.82) is 0 Å². The molecule has 0 aromatic heterocycles. The molecule has 1 aliphatic heterocycles. The summed E-state index contributed by atoms with van der Waals surface area (Å²) in [5, 5.41) is 10.6. The van der Waals surface area contributed by atoms with Crippen molar-refractivity contribution in [1.82, 2.24) is 4.90 Å². The number of aliphatic imine (C=N–C) groups is 1. The van der Waals surface area contributed by atoms with Gasteiger partial charge >= 0.3 is 0 Å². The minimum Gasteiger partial charge on any atom is -0.504 e. The molecule has 6 heteroatoms. The molecule has 4 rings (SSSR count). The van der Waals surface area contributed by atoms with Crippen LogP contribution in [0, 0.1) is 6.92 Å². The molecule has 32 heavy (non-hydrogen) atoms. The van der Waals surface area contributed by atoms with Gasteiger partial charge in [-0.3, -0.25) is 9.69 Å². The summed E-state index contributed by atoms with van der Waals surface area (Å²) in [6, 6.07) is 22.8. The van der Waals surface area contributed by atoms with Crippen LogP contribution in [0.15, 0.2) is 82.7 Å². The third kappa shape index (κ3) is 5.03. The number of phenolic OH excluding ortho intramolecular Hbond substituents is 1. The molecule has 1 heterocycles. The van der Waals surface area contributed by atoms with Gasteiger partial charge in [0.05, 0.1) is 23.7 Å². The number of carbonyl (C=O) groups excluding carboxylic acids is 1. The van der Waals surface area contributed by atoms with Crippen LogP contribution < -0.4 is 4.74 Å². The van der Waals surface area contributed by atoms with Crippen LogP contribution in [0.1, 0.15) is 23.6 Å². The lowest BCUT2D eigenvalue weighted by Gasteiger charge is -2.15. The summed E-state index contributed by atoms with van der Waals surface area (Å²) in [6.45, 7) is 4.77. The van der Waals surface area contributed by atoms with Crippen molar-refractivity contribution in [2.24, 2.45) is 4.99 Å². The SMILES string of the molecule is CCOc1cc(/C=C2/SC(=Nc3ccc(C)cc3)N(Cc3ccccc3)C2=O)ccc1O. The predicted octanol–water partition coefficient (Wildman–Crippen LogP) is 5.90. The van der Waals surface area contributed by atoms with Gasteiger partial charge in [0.1, 0.15) is 0 Å². The molecule has 3 aromatic carbocycles. The lowest BCUT2D eigenvalue weighted by Crippen LogP contribution is -2.28. The fraction of sp³-hybridized carbons (Fsp3) is 0.154. The first-order valence-corrected chi connectivity index (χ1v) is 11.2. The van der Waals surface area contributed by atoms with Gasteiger partial charge < -0.3 is 9.84 Å². The van der Waals surface area contributed by atoms with Crippen LogP contribution in [0.3, 0.4) is 0 Å². The Bertz CT molecular complexity index is 1170. The Balaban J connectivity index is 1.69. The van der Waals surface area contributed by atoms with Crippen molar-refractivity contribution < 1.29 is 14.6 Å². The highest BCUT2D eigenvalue weighted by molar-refractivity contribution is 8.18. The highest BCUT2D eigenvalue weighted by Crippen LogP contribution is 2.36. The van der Waals surface area contributed by atoms with E-state index >= 15 is 0 Å². The van der Waals surface area contributed by atoms with Gasteiger partial charge in [-0.15, -0.1) is 0 Å². The summed E-state index contributed by atoms with van der Waals surface area (Å²) in [5.41, 5.74) is 3.76. The van der Waals surface area contributed by atoms with Crippen LogP contribution in [-0.2, 0) is 11.3 Å². The van der Waals surface area contributed by atoms with Crippen molar-refractivity contribution in [3.8, 4) is 11.5 Å². The van der Waals surface area contributed by atoms with Gasteiger partial charge in [-0.1, -0.05) is 54.1 Å². The predicted molar refractivity (Wildman–Crippen MR) is 130 cm³/mol. The van der Waals surface area contributed by atoms with Crippen LogP contribution in [0.2, 0.25) is 0 Å². The second-order valence-corrected chi connectivity index (χ2v) is 8.39. The van der Waals surface area contributed by atoms with Crippen LogP contribution >= 0.6 is 11.8 Å². The van der Waals surface area contributed by atoms with E-state index < -0.39 is 0 Å². The summed E-state index contributed by atoms with van der Waals surface area (Å²) in [5.74, 6) is 0.370. The number of phenols is 1. The highest BCUT2D eigenvalue weighted by atomic mass is 32.2. The summed E-state index contributed by atoms with van der Waals surface area (Å²) in [6.07, 6.45) is 1.81. The quantitative estimate of drug-likeness (QED) is 0.481. The van der Waals surface area contributed by atoms with Gasteiger partial charge in [-0.05, 0) is 67.1 Å². The number of hydrogen-bond donors (Lipinski definition) is 1. The van der Waals surface area contributed by atoms with Crippen LogP contribution in [0.25, 0.3) is 6.08 Å². The van der Waals surface area contributed by atoms with Gasteiger partial charge in [0, 0.05) is 0 Å². The molecule has 162 valence electrons. The third-order valence-corrected chi connectivity index (χ3v) is 5.92. The van der Waals surface area contributed by atoms with E-state index in [1.165, 1.54) is 11.8 Å². The van der Waals surface area contributed by atoms with Crippen LogP contribution in [0.4, 0.5) is 5.69 Å². The summed E-state index contributed by atoms with van der Waals surface area (Å²) in [7, 11) is 0. The fourth-order valence-corrected chi connectivity index (χ4v) is 4.27. The molecule has 0 atom stereocenters. The van der Waals surface area contributed by atoms with Gasteiger partial charge in [0.25, 0.3) is 5.91 Å². The minimum absolute atomic E-state index is 0.0757. The Hall–Kier alpha value is -3.51. The van der Waals surface area contributed by atoms with Crippen molar-refractivity contribution >= 4 is 34.6 Å². The molecule has 0 bridgehead atoms. The van der Waals surface area contributed by atoms with E-state index in [-0.39, 0.29) is 11.7 Å². The molecule has 1 fully saturated rings. The summed E-state index contributed by atoms with van der Waals surface area (Å²) in [4.78, 5) is 20.4. The molecule has 1 aliphatic rings. The van der Waals surface area contributed by atoms with Crippen molar-refractivity contribution in [2.75, 3.05) is 6.61 Å². The Morgan fingerprint density at radius 1 is 1.06 bits per heavy atom. The minimum atomic E-state index is -0.101. The molecule has 0 saturated carbocycles. The molecule has 1 N–H and O–H groups in total. The van der Waals surface area contributed by atoms with Crippen molar-refractivity contribution in [2.45, 2.75) is 20.4 Å². The molecule has 0 aliphatic carbocycles. The fourth-order valence-electron chi connectivity index (χ4n) is 3.27. The van der Waals surface area contributed by atoms with E-state index in [1.54, 1.807) is 23.1 Å². The van der Waals surface area contributed by atoms with Crippen molar-refractivity contribution in [3.63, 3.8) is 0 Å². The van der Waals surface area contributed by atoms with E-state index in [4.69, 9.17) is 9.73 Å². The average molecular weight is 445 g/mol. The molecular weight excluding hydrogens is 420 g/mol. The van der Waals surface area contributed by atoms with Crippen molar-refractivity contribution in [3.05, 3.63) is 94.4 Å². The zero-order valence-corrected chi connectivity index (χ0v) is 18.8. The first kappa shape index (κ1) is 21.7. The number of nitrogens with zero attached hydrogens (tertiary/aromatic N) is 2. The van der Waals surface area contributed by atoms with Crippen LogP contribution in [-0.4, -0.2) is 27.7 Å². The Kier molecular flexibility index (Phi) is 6.61. The van der Waals surface area contributed by atoms with Gasteiger partial charge in [-0.2, -0.15) is 0 Å². The molecule has 0 radical (unpaired) electrons. The Morgan fingerprint density at radius 3 is 2.53 bits per heavy atom. The lowest BCUT2D eigenvalue weighted by atomic mass is 10.1. The number of amides is 1. The summed E-state index contributed by atoms with van der Waals surface area (Å²) >= 11 is 1.35. The number of amidine groups is 1. The number of thioether (sulfide) groups is 1. The van der Waals surface area contributed by atoms with E-state index in [0.29, 0.717) is 29.0 Å². The molecule has 0 spiro atoms. The maximum absolute atomic E-state index is 13.3. The zero-order valence-electron chi connectivity index (χ0n) is 18.0. The average Bonchev–Trinajstić information content (AvgIpc) is 3.07. The number of rotatable bonds is 6. The molecule has 0 unspecified atom stereocenters. The first-order chi connectivity index (χ1) is 15.5. The largest absolute Gasteiger partial charge is 0.504 e. The summed E-state index contributed by atoms with van der Waals surface area (Å²) < 4.78 is 5.47. The molecule has 1 saturated heterocycles. The second kappa shape index (κ2) is 9.75. The maximum atomic E-state index is 13.3. The number of aryl methyl sites for hydroxylation is 1. The molecular formula is C26H24N2O3S. The normalized spacial score (nSPS) is 16.2. The van der Waals surface area contributed by atoms with Crippen LogP contribution in [0.5, 0.6) is 11.5 Å². The second-order valence-electron chi connectivity index (χ2n) is 7.38. The number of hydrogen-bond acceptors (Lipinski definition) is 5. The first-order valence-electron chi connectivity index (χ1n) is 10.4. The smallest absolute Gasteiger partial charge is 0.267 e. The number of carbonyl (C=O) groups is 1. The molecule has 1 amide bonds. The standard InChI is InChI=1S/C26H24N2O3S/c1-3-31-23-15-20(11-14-22(23)29)16-24-25(30)28(17-19-7-5-4-6-8-19)26(32-24)27-21-12-9-18(2)10-13-21/h4-16,29H,3,17H2,1-2H3/b24-16+,27-26?. The number of ether oxygens (including phenoxy) is 1. The molecule has 5 nitrogen and oxygen atoms in total. The van der Waals surface area contributed by atoms with E-state index in [9.17, 15) is 9.90 Å². The van der Waals surface area contributed by atoms with Gasteiger partial charge in [0.2, 0.25) is 0 Å². The van der Waals surface area contributed by atoms with Gasteiger partial charge in [0.15, 0.2) is 16.7 Å². The maximum Gasteiger partial charge on any atom is 0.267 e. The number of benzene rings is 3. The third-order valence-electron chi connectivity index (χ3n) is 4.91. The monoisotopic (exact) mass is 444 g/mol. The lowest BCUT2D eigenvalue weighted by molar-refractivity contribution is -0.122. The highest BCUT2D eigenvalue weighted by Gasteiger charge is 2.33. The van der Waals surface area contributed by atoms with Gasteiger partial charge in [-0.25, -0.2) is 4.99 Å². The van der Waals surface area contributed by atoms with E-state index in [2.05, 4.69) is 0 Å². The molecule has 3 aromatic rings. The van der Waals surface area contributed by atoms with E-state index in [1.807, 2.05) is 74.5 Å².